The zero-order valence-electron chi connectivity index (χ0n) is 8.93. The van der Waals surface area contributed by atoms with E-state index in [1.807, 2.05) is 13.0 Å². The molecule has 0 saturated heterocycles. The molecular weight excluding hydrogens is 194 g/mol. The highest BCUT2D eigenvalue weighted by Gasteiger charge is 2.11. The van der Waals surface area contributed by atoms with Gasteiger partial charge in [0, 0.05) is 13.1 Å². The SMILES string of the molecule is CCN(Cc1cccc(O)c1)C(=O)OC. The molecule has 0 atom stereocenters. The molecule has 0 unspecified atom stereocenters. The molecule has 0 aromatic heterocycles. The molecule has 15 heavy (non-hydrogen) atoms. The minimum atomic E-state index is -0.360. The summed E-state index contributed by atoms with van der Waals surface area (Å²) in [6, 6.07) is 6.82. The summed E-state index contributed by atoms with van der Waals surface area (Å²) >= 11 is 0. The molecule has 1 N–H and O–H groups in total. The predicted octanol–water partition coefficient (Wildman–Crippen LogP) is 1.98. The highest BCUT2D eigenvalue weighted by atomic mass is 16.5. The van der Waals surface area contributed by atoms with E-state index in [1.165, 1.54) is 7.11 Å². The summed E-state index contributed by atoms with van der Waals surface area (Å²) in [7, 11) is 1.35. The maximum absolute atomic E-state index is 11.3. The Morgan fingerprint density at radius 1 is 1.53 bits per heavy atom. The standard InChI is InChI=1S/C11H15NO3/c1-3-12(11(14)15-2)8-9-5-4-6-10(13)7-9/h4-7,13H,3,8H2,1-2H3. The molecule has 0 bridgehead atoms. The largest absolute Gasteiger partial charge is 0.508 e. The molecule has 0 spiro atoms. The van der Waals surface area contributed by atoms with E-state index in [0.717, 1.165) is 5.56 Å². The van der Waals surface area contributed by atoms with Crippen molar-refractivity contribution in [3.8, 4) is 5.75 Å². The molecule has 0 fully saturated rings. The lowest BCUT2D eigenvalue weighted by Gasteiger charge is -2.19. The second-order valence-electron chi connectivity index (χ2n) is 3.15. The maximum Gasteiger partial charge on any atom is 0.409 e. The van der Waals surface area contributed by atoms with Crippen molar-refractivity contribution in [2.75, 3.05) is 13.7 Å². The van der Waals surface area contributed by atoms with Gasteiger partial charge in [0.2, 0.25) is 0 Å². The van der Waals surface area contributed by atoms with E-state index in [0.29, 0.717) is 13.1 Å². The van der Waals surface area contributed by atoms with Gasteiger partial charge in [-0.05, 0) is 24.6 Å². The second kappa shape index (κ2) is 5.24. The molecule has 0 aliphatic heterocycles. The van der Waals surface area contributed by atoms with Crippen LogP contribution in [0.4, 0.5) is 4.79 Å². The molecule has 0 aliphatic carbocycles. The molecule has 4 heteroatoms. The second-order valence-corrected chi connectivity index (χ2v) is 3.15. The number of nitrogens with zero attached hydrogens (tertiary/aromatic N) is 1. The first-order valence-electron chi connectivity index (χ1n) is 4.78. The van der Waals surface area contributed by atoms with Crippen molar-refractivity contribution in [2.24, 2.45) is 0 Å². The Hall–Kier alpha value is -1.71. The van der Waals surface area contributed by atoms with Crippen LogP contribution in [0.1, 0.15) is 12.5 Å². The van der Waals surface area contributed by atoms with Gasteiger partial charge in [0.15, 0.2) is 0 Å². The molecule has 82 valence electrons. The zero-order chi connectivity index (χ0) is 11.3. The molecule has 0 aliphatic rings. The quantitative estimate of drug-likeness (QED) is 0.828. The first-order chi connectivity index (χ1) is 7.17. The number of rotatable bonds is 3. The Labute approximate surface area is 89.1 Å². The number of aromatic hydroxyl groups is 1. The Bertz CT molecular complexity index is 338. The Kier molecular flexibility index (Phi) is 3.97. The number of carbonyl (C=O) groups excluding carboxylic acids is 1. The van der Waals surface area contributed by atoms with Gasteiger partial charge in [-0.1, -0.05) is 12.1 Å². The topological polar surface area (TPSA) is 49.8 Å². The summed E-state index contributed by atoms with van der Waals surface area (Å²) in [6.45, 7) is 2.89. The zero-order valence-corrected chi connectivity index (χ0v) is 8.93. The van der Waals surface area contributed by atoms with Crippen LogP contribution in [0.2, 0.25) is 0 Å². The third-order valence-corrected chi connectivity index (χ3v) is 2.10. The third-order valence-electron chi connectivity index (χ3n) is 2.10. The van der Waals surface area contributed by atoms with E-state index in [9.17, 15) is 9.90 Å². The van der Waals surface area contributed by atoms with Crippen LogP contribution in [0.5, 0.6) is 5.75 Å². The summed E-state index contributed by atoms with van der Waals surface area (Å²) in [5, 5.41) is 9.26. The fourth-order valence-corrected chi connectivity index (χ4v) is 1.31. The molecular formula is C11H15NO3. The molecule has 1 aromatic carbocycles. The number of benzene rings is 1. The minimum Gasteiger partial charge on any atom is -0.508 e. The Morgan fingerprint density at radius 3 is 2.80 bits per heavy atom. The fraction of sp³-hybridized carbons (Fsp3) is 0.364. The van der Waals surface area contributed by atoms with Crippen LogP contribution in [0, 0.1) is 0 Å². The summed E-state index contributed by atoms with van der Waals surface area (Å²) in [5.41, 5.74) is 0.877. The van der Waals surface area contributed by atoms with Gasteiger partial charge < -0.3 is 14.7 Å². The molecule has 0 radical (unpaired) electrons. The summed E-state index contributed by atoms with van der Waals surface area (Å²) in [4.78, 5) is 12.8. The number of phenols is 1. The Morgan fingerprint density at radius 2 is 2.27 bits per heavy atom. The number of hydrogen-bond acceptors (Lipinski definition) is 3. The van der Waals surface area contributed by atoms with Crippen molar-refractivity contribution in [3.05, 3.63) is 29.8 Å². The minimum absolute atomic E-state index is 0.202. The maximum atomic E-state index is 11.3. The van der Waals surface area contributed by atoms with Crippen LogP contribution in [0.15, 0.2) is 24.3 Å². The van der Waals surface area contributed by atoms with E-state index in [2.05, 4.69) is 4.74 Å². The monoisotopic (exact) mass is 209 g/mol. The summed E-state index contributed by atoms with van der Waals surface area (Å²) < 4.78 is 4.63. The molecule has 1 rings (SSSR count). The first kappa shape index (κ1) is 11.4. The highest BCUT2D eigenvalue weighted by Crippen LogP contribution is 2.13. The lowest BCUT2D eigenvalue weighted by Crippen LogP contribution is -2.29. The van der Waals surface area contributed by atoms with Crippen LogP contribution < -0.4 is 0 Å². The van der Waals surface area contributed by atoms with Gasteiger partial charge in [-0.15, -0.1) is 0 Å². The summed E-state index contributed by atoms with van der Waals surface area (Å²) in [6.07, 6.45) is -0.360. The number of phenolic OH excluding ortho intramolecular Hbond substituents is 1. The van der Waals surface area contributed by atoms with E-state index in [4.69, 9.17) is 0 Å². The fourth-order valence-electron chi connectivity index (χ4n) is 1.31. The van der Waals surface area contributed by atoms with Gasteiger partial charge in [0.25, 0.3) is 0 Å². The van der Waals surface area contributed by atoms with Crippen molar-refractivity contribution in [3.63, 3.8) is 0 Å². The van der Waals surface area contributed by atoms with Crippen molar-refractivity contribution < 1.29 is 14.6 Å². The van der Waals surface area contributed by atoms with Gasteiger partial charge in [0.1, 0.15) is 5.75 Å². The summed E-state index contributed by atoms with van der Waals surface area (Å²) in [5.74, 6) is 0.202. The van der Waals surface area contributed by atoms with Crippen molar-refractivity contribution in [2.45, 2.75) is 13.5 Å². The van der Waals surface area contributed by atoms with Crippen LogP contribution in [0.25, 0.3) is 0 Å². The number of carbonyl (C=O) groups is 1. The smallest absolute Gasteiger partial charge is 0.409 e. The number of ether oxygens (including phenoxy) is 1. The van der Waals surface area contributed by atoms with Crippen LogP contribution in [0.3, 0.4) is 0 Å². The van der Waals surface area contributed by atoms with E-state index in [1.54, 1.807) is 23.1 Å². The van der Waals surface area contributed by atoms with Gasteiger partial charge >= 0.3 is 6.09 Å². The van der Waals surface area contributed by atoms with Gasteiger partial charge in [-0.2, -0.15) is 0 Å². The predicted molar refractivity (Wildman–Crippen MR) is 56.6 cm³/mol. The lowest BCUT2D eigenvalue weighted by molar-refractivity contribution is 0.123. The number of hydrogen-bond donors (Lipinski definition) is 1. The molecule has 1 aromatic rings. The molecule has 4 nitrogen and oxygen atoms in total. The van der Waals surface area contributed by atoms with E-state index >= 15 is 0 Å². The van der Waals surface area contributed by atoms with Crippen molar-refractivity contribution in [1.29, 1.82) is 0 Å². The highest BCUT2D eigenvalue weighted by molar-refractivity contribution is 5.67. The lowest BCUT2D eigenvalue weighted by atomic mass is 10.2. The van der Waals surface area contributed by atoms with Crippen molar-refractivity contribution >= 4 is 6.09 Å². The molecule has 0 saturated carbocycles. The van der Waals surface area contributed by atoms with E-state index in [-0.39, 0.29) is 11.8 Å². The van der Waals surface area contributed by atoms with Gasteiger partial charge in [0.05, 0.1) is 7.11 Å². The molecule has 0 heterocycles. The first-order valence-corrected chi connectivity index (χ1v) is 4.78. The van der Waals surface area contributed by atoms with Crippen LogP contribution >= 0.6 is 0 Å². The molecule has 1 amide bonds. The van der Waals surface area contributed by atoms with Crippen LogP contribution in [-0.2, 0) is 11.3 Å². The van der Waals surface area contributed by atoms with Crippen molar-refractivity contribution in [1.82, 2.24) is 4.90 Å². The average molecular weight is 209 g/mol. The van der Waals surface area contributed by atoms with Crippen LogP contribution in [-0.4, -0.2) is 29.8 Å². The van der Waals surface area contributed by atoms with E-state index < -0.39 is 0 Å². The number of amides is 1. The number of methoxy groups -OCH3 is 1. The average Bonchev–Trinajstić information content (AvgIpc) is 2.25. The van der Waals surface area contributed by atoms with Gasteiger partial charge in [-0.25, -0.2) is 4.79 Å². The van der Waals surface area contributed by atoms with Gasteiger partial charge in [-0.3, -0.25) is 0 Å². The third kappa shape index (κ3) is 3.16. The normalized spacial score (nSPS) is 9.73. The Balaban J connectivity index is 2.70.